The molecule has 0 amide bonds. The van der Waals surface area contributed by atoms with Crippen LogP contribution in [0.4, 0.5) is 11.4 Å². The maximum atomic E-state index is 10.2. The molecule has 3 nitrogen and oxygen atoms in total. The SMILES string of the molecule is N#Cc1cccc(-c2ccc(N3CC4(C=CC=C4)c4ccccc43)cc2)c1-n1c2ccccc2c2ccccc21. The molecular weight excluding hydrogens is 486 g/mol. The maximum absolute atomic E-state index is 10.2. The van der Waals surface area contributed by atoms with Gasteiger partial charge in [0.15, 0.2) is 0 Å². The third-order valence-corrected chi connectivity index (χ3v) is 8.46. The highest BCUT2D eigenvalue weighted by Crippen LogP contribution is 2.48. The van der Waals surface area contributed by atoms with Crippen molar-refractivity contribution < 1.29 is 0 Å². The molecule has 6 aromatic rings. The van der Waals surface area contributed by atoms with Crippen LogP contribution in [0.2, 0.25) is 0 Å². The lowest BCUT2D eigenvalue weighted by molar-refractivity contribution is 0.729. The number of hydrogen-bond acceptors (Lipinski definition) is 2. The minimum absolute atomic E-state index is 0.0693. The predicted molar refractivity (Wildman–Crippen MR) is 164 cm³/mol. The second-order valence-corrected chi connectivity index (χ2v) is 10.6. The molecule has 0 radical (unpaired) electrons. The number of fused-ring (bicyclic) bond motifs is 5. The van der Waals surface area contributed by atoms with Crippen LogP contribution in [-0.2, 0) is 5.41 Å². The van der Waals surface area contributed by atoms with Crippen molar-refractivity contribution in [1.29, 1.82) is 5.26 Å². The largest absolute Gasteiger partial charge is 0.340 e. The number of aromatic nitrogens is 1. The van der Waals surface area contributed by atoms with E-state index in [1.54, 1.807) is 0 Å². The molecule has 0 N–H and O–H groups in total. The van der Waals surface area contributed by atoms with Crippen LogP contribution in [0.25, 0.3) is 38.6 Å². The minimum Gasteiger partial charge on any atom is -0.340 e. The summed E-state index contributed by atoms with van der Waals surface area (Å²) in [6.45, 7) is 0.884. The molecule has 2 heterocycles. The maximum Gasteiger partial charge on any atom is 0.101 e. The van der Waals surface area contributed by atoms with Crippen LogP contribution in [0.5, 0.6) is 0 Å². The summed E-state index contributed by atoms with van der Waals surface area (Å²) in [7, 11) is 0. The number of rotatable bonds is 3. The Bertz CT molecular complexity index is 1980. The van der Waals surface area contributed by atoms with Crippen molar-refractivity contribution in [2.45, 2.75) is 5.41 Å². The Balaban J connectivity index is 1.28. The highest BCUT2D eigenvalue weighted by molar-refractivity contribution is 6.10. The van der Waals surface area contributed by atoms with Gasteiger partial charge in [0.2, 0.25) is 0 Å². The second kappa shape index (κ2) is 8.59. The van der Waals surface area contributed by atoms with Crippen molar-refractivity contribution in [3.8, 4) is 22.9 Å². The van der Waals surface area contributed by atoms with Crippen molar-refractivity contribution in [2.75, 3.05) is 11.4 Å². The van der Waals surface area contributed by atoms with Crippen LogP contribution >= 0.6 is 0 Å². The van der Waals surface area contributed by atoms with Gasteiger partial charge in [0.1, 0.15) is 6.07 Å². The van der Waals surface area contributed by atoms with E-state index in [1.807, 2.05) is 12.1 Å². The lowest BCUT2D eigenvalue weighted by Crippen LogP contribution is -2.26. The third kappa shape index (κ3) is 3.17. The summed E-state index contributed by atoms with van der Waals surface area (Å²) < 4.78 is 2.26. The second-order valence-electron chi connectivity index (χ2n) is 10.6. The molecule has 0 fully saturated rings. The lowest BCUT2D eigenvalue weighted by Gasteiger charge is -2.23. The fourth-order valence-electron chi connectivity index (χ4n) is 6.65. The Morgan fingerprint density at radius 3 is 2.00 bits per heavy atom. The van der Waals surface area contributed by atoms with E-state index in [4.69, 9.17) is 0 Å². The van der Waals surface area contributed by atoms with Gasteiger partial charge < -0.3 is 9.47 Å². The Morgan fingerprint density at radius 2 is 1.30 bits per heavy atom. The molecule has 0 atom stereocenters. The van der Waals surface area contributed by atoms with E-state index in [0.29, 0.717) is 5.56 Å². The van der Waals surface area contributed by atoms with Crippen LogP contribution in [0, 0.1) is 11.3 Å². The van der Waals surface area contributed by atoms with Gasteiger partial charge in [0.05, 0.1) is 27.7 Å². The van der Waals surface area contributed by atoms with Crippen molar-refractivity contribution >= 4 is 33.2 Å². The van der Waals surface area contributed by atoms with E-state index < -0.39 is 0 Å². The molecule has 1 aliphatic carbocycles. The summed E-state index contributed by atoms with van der Waals surface area (Å²) in [6.07, 6.45) is 8.93. The number of hydrogen-bond donors (Lipinski definition) is 0. The van der Waals surface area contributed by atoms with Gasteiger partial charge in [-0.25, -0.2) is 0 Å². The first-order valence-electron chi connectivity index (χ1n) is 13.6. The van der Waals surface area contributed by atoms with Crippen molar-refractivity contribution in [3.05, 3.63) is 151 Å². The van der Waals surface area contributed by atoms with Crippen molar-refractivity contribution in [2.24, 2.45) is 0 Å². The summed E-state index contributed by atoms with van der Waals surface area (Å²) in [5, 5.41) is 12.6. The van der Waals surface area contributed by atoms with Crippen LogP contribution < -0.4 is 4.90 Å². The van der Waals surface area contributed by atoms with Crippen molar-refractivity contribution in [1.82, 2.24) is 4.57 Å². The zero-order chi connectivity index (χ0) is 26.7. The Kier molecular flexibility index (Phi) is 4.86. The van der Waals surface area contributed by atoms with Crippen molar-refractivity contribution in [3.63, 3.8) is 0 Å². The van der Waals surface area contributed by atoms with E-state index in [-0.39, 0.29) is 5.41 Å². The fraction of sp³-hybridized carbons (Fsp3) is 0.0541. The summed E-state index contributed by atoms with van der Waals surface area (Å²) in [6, 6.07) is 42.9. The van der Waals surface area contributed by atoms with E-state index in [1.165, 1.54) is 22.0 Å². The summed E-state index contributed by atoms with van der Waals surface area (Å²) >= 11 is 0. The summed E-state index contributed by atoms with van der Waals surface area (Å²) in [4.78, 5) is 2.42. The zero-order valence-electron chi connectivity index (χ0n) is 21.8. The average Bonchev–Trinajstić information content (AvgIpc) is 3.72. The molecule has 0 saturated heterocycles. The van der Waals surface area contributed by atoms with Gasteiger partial charge in [-0.05, 0) is 47.5 Å². The molecule has 1 spiro atoms. The first kappa shape index (κ1) is 22.6. The molecule has 3 heteroatoms. The fourth-order valence-corrected chi connectivity index (χ4v) is 6.65. The molecule has 188 valence electrons. The Hall–Kier alpha value is -5.33. The standard InChI is InChI=1S/C37H25N3/c38-24-27-10-9-13-29(36(27)40-33-15-4-1-11-30(33)31-12-2-5-16-34(31)40)26-18-20-28(21-19-26)39-25-37(22-7-8-23-37)32-14-3-6-17-35(32)39/h1-23H,25H2. The predicted octanol–water partition coefficient (Wildman–Crippen LogP) is 8.84. The highest BCUT2D eigenvalue weighted by Gasteiger charge is 2.40. The number of nitrogens with zero attached hydrogens (tertiary/aromatic N) is 3. The first-order chi connectivity index (χ1) is 19.8. The van der Waals surface area contributed by atoms with Crippen LogP contribution in [0.1, 0.15) is 11.1 Å². The van der Waals surface area contributed by atoms with E-state index >= 15 is 0 Å². The van der Waals surface area contributed by atoms with Gasteiger partial charge in [0, 0.05) is 34.3 Å². The van der Waals surface area contributed by atoms with Gasteiger partial charge in [-0.3, -0.25) is 0 Å². The molecule has 1 aromatic heterocycles. The number of anilines is 2. The van der Waals surface area contributed by atoms with E-state index in [9.17, 15) is 5.26 Å². The van der Waals surface area contributed by atoms with E-state index in [2.05, 4.69) is 143 Å². The van der Waals surface area contributed by atoms with Crippen LogP contribution in [0.3, 0.4) is 0 Å². The Morgan fingerprint density at radius 1 is 0.650 bits per heavy atom. The molecular formula is C37H25N3. The van der Waals surface area contributed by atoms with Gasteiger partial charge in [0.25, 0.3) is 0 Å². The lowest BCUT2D eigenvalue weighted by atomic mass is 9.84. The smallest absolute Gasteiger partial charge is 0.101 e. The van der Waals surface area contributed by atoms with Crippen LogP contribution in [-0.4, -0.2) is 11.1 Å². The third-order valence-electron chi connectivity index (χ3n) is 8.46. The number of allylic oxidation sites excluding steroid dienone is 2. The molecule has 1 aliphatic heterocycles. The van der Waals surface area contributed by atoms with E-state index in [0.717, 1.165) is 40.1 Å². The average molecular weight is 512 g/mol. The quantitative estimate of drug-likeness (QED) is 0.238. The molecule has 0 bridgehead atoms. The number of para-hydroxylation sites is 4. The van der Waals surface area contributed by atoms with Gasteiger partial charge >= 0.3 is 0 Å². The number of nitriles is 1. The summed E-state index contributed by atoms with van der Waals surface area (Å²) in [5.41, 5.74) is 9.59. The molecule has 8 rings (SSSR count). The molecule has 0 saturated carbocycles. The number of benzene rings is 5. The zero-order valence-corrected chi connectivity index (χ0v) is 21.8. The molecule has 5 aromatic carbocycles. The summed E-state index contributed by atoms with van der Waals surface area (Å²) in [5.74, 6) is 0. The van der Waals surface area contributed by atoms with Gasteiger partial charge in [-0.15, -0.1) is 0 Å². The first-order valence-corrected chi connectivity index (χ1v) is 13.6. The molecule has 2 aliphatic rings. The van der Waals surface area contributed by atoms with Crippen LogP contribution in [0.15, 0.2) is 140 Å². The monoisotopic (exact) mass is 511 g/mol. The molecule has 40 heavy (non-hydrogen) atoms. The Labute approximate surface area is 233 Å². The minimum atomic E-state index is -0.0693. The molecule has 0 unspecified atom stereocenters. The normalized spacial score (nSPS) is 14.8. The van der Waals surface area contributed by atoms with Gasteiger partial charge in [-0.2, -0.15) is 5.26 Å². The van der Waals surface area contributed by atoms with Gasteiger partial charge in [-0.1, -0.05) is 103 Å². The highest BCUT2D eigenvalue weighted by atomic mass is 15.2. The topological polar surface area (TPSA) is 32.0 Å².